The summed E-state index contributed by atoms with van der Waals surface area (Å²) < 4.78 is 7.51. The van der Waals surface area contributed by atoms with Crippen LogP contribution in [-0.4, -0.2) is 21.3 Å². The van der Waals surface area contributed by atoms with Crippen LogP contribution in [0.2, 0.25) is 0 Å². The van der Waals surface area contributed by atoms with Crippen molar-refractivity contribution in [2.45, 2.75) is 24.4 Å². The Morgan fingerprint density at radius 2 is 2.16 bits per heavy atom. The molecule has 19 heavy (non-hydrogen) atoms. The van der Waals surface area contributed by atoms with Crippen molar-refractivity contribution >= 4 is 11.8 Å². The summed E-state index contributed by atoms with van der Waals surface area (Å²) in [6, 6.07) is 8.03. The van der Waals surface area contributed by atoms with E-state index in [9.17, 15) is 0 Å². The van der Waals surface area contributed by atoms with E-state index in [-0.39, 0.29) is 6.61 Å². The van der Waals surface area contributed by atoms with Crippen LogP contribution in [0, 0.1) is 0 Å². The molecule has 0 fully saturated rings. The van der Waals surface area contributed by atoms with E-state index in [1.807, 2.05) is 36.7 Å². The Bertz CT molecular complexity index is 540. The number of nitrogens with zero attached hydrogens (tertiary/aromatic N) is 2. The van der Waals surface area contributed by atoms with Gasteiger partial charge in [-0.05, 0) is 13.0 Å². The van der Waals surface area contributed by atoms with Crippen LogP contribution in [-0.2, 0) is 19.4 Å². The molecule has 5 heteroatoms. The number of hydrogen-bond donors (Lipinski definition) is 1. The van der Waals surface area contributed by atoms with Gasteiger partial charge in [-0.3, -0.25) is 0 Å². The number of thioether (sulfide) groups is 1. The van der Waals surface area contributed by atoms with Crippen molar-refractivity contribution in [3.8, 4) is 5.75 Å². The smallest absolute Gasteiger partial charge is 0.168 e. The zero-order valence-corrected chi connectivity index (χ0v) is 12.0. The Morgan fingerprint density at radius 1 is 1.37 bits per heavy atom. The summed E-state index contributed by atoms with van der Waals surface area (Å²) in [5.41, 5.74) is 1.98. The van der Waals surface area contributed by atoms with Gasteiger partial charge in [0.1, 0.15) is 5.75 Å². The molecule has 4 nitrogen and oxygen atoms in total. The second-order valence-electron chi connectivity index (χ2n) is 4.08. The van der Waals surface area contributed by atoms with E-state index in [4.69, 9.17) is 9.84 Å². The van der Waals surface area contributed by atoms with Crippen LogP contribution in [0.25, 0.3) is 0 Å². The highest BCUT2D eigenvalue weighted by molar-refractivity contribution is 7.98. The minimum atomic E-state index is 0.0135. The van der Waals surface area contributed by atoms with Crippen LogP contribution in [0.5, 0.6) is 5.75 Å². The Hall–Kier alpha value is -1.46. The number of para-hydroxylation sites is 1. The highest BCUT2D eigenvalue weighted by atomic mass is 32.2. The molecule has 0 atom stereocenters. The van der Waals surface area contributed by atoms with Crippen molar-refractivity contribution in [2.24, 2.45) is 7.05 Å². The summed E-state index contributed by atoms with van der Waals surface area (Å²) in [6.45, 7) is 2.66. The molecule has 1 aromatic heterocycles. The Kier molecular flexibility index (Phi) is 4.87. The van der Waals surface area contributed by atoms with Crippen LogP contribution >= 0.6 is 11.8 Å². The SMILES string of the molecule is CCOc1ccccc1CSc1ncc(CO)n1C. The maximum Gasteiger partial charge on any atom is 0.168 e. The van der Waals surface area contributed by atoms with Crippen LogP contribution in [0.1, 0.15) is 18.2 Å². The molecular formula is C14H18N2O2S. The fourth-order valence-electron chi connectivity index (χ4n) is 1.77. The molecule has 102 valence electrons. The summed E-state index contributed by atoms with van der Waals surface area (Å²) in [4.78, 5) is 4.30. The number of aromatic nitrogens is 2. The van der Waals surface area contributed by atoms with Gasteiger partial charge in [-0.25, -0.2) is 4.98 Å². The molecule has 2 aromatic rings. The lowest BCUT2D eigenvalue weighted by Gasteiger charge is -2.09. The monoisotopic (exact) mass is 278 g/mol. The highest BCUT2D eigenvalue weighted by Crippen LogP contribution is 2.27. The number of aliphatic hydroxyl groups is 1. The predicted octanol–water partition coefficient (Wildman–Crippen LogP) is 2.60. The number of hydrogen-bond acceptors (Lipinski definition) is 4. The normalized spacial score (nSPS) is 10.7. The second-order valence-corrected chi connectivity index (χ2v) is 5.02. The molecule has 0 aliphatic heterocycles. The average molecular weight is 278 g/mol. The fourth-order valence-corrected chi connectivity index (χ4v) is 2.73. The lowest BCUT2D eigenvalue weighted by Crippen LogP contribution is -1.98. The molecule has 1 heterocycles. The van der Waals surface area contributed by atoms with Crippen molar-refractivity contribution < 1.29 is 9.84 Å². The first-order valence-corrected chi connectivity index (χ1v) is 7.19. The van der Waals surface area contributed by atoms with Gasteiger partial charge in [-0.15, -0.1) is 0 Å². The first-order valence-electron chi connectivity index (χ1n) is 6.21. The molecule has 0 saturated heterocycles. The van der Waals surface area contributed by atoms with E-state index in [2.05, 4.69) is 11.1 Å². The Labute approximate surface area is 117 Å². The number of imidazole rings is 1. The minimum absolute atomic E-state index is 0.0135. The molecule has 2 rings (SSSR count). The van der Waals surface area contributed by atoms with Crippen molar-refractivity contribution in [3.63, 3.8) is 0 Å². The third kappa shape index (κ3) is 3.30. The van der Waals surface area contributed by atoms with E-state index in [0.29, 0.717) is 6.61 Å². The Balaban J connectivity index is 2.07. The highest BCUT2D eigenvalue weighted by Gasteiger charge is 2.08. The van der Waals surface area contributed by atoms with Gasteiger partial charge in [0, 0.05) is 18.4 Å². The second kappa shape index (κ2) is 6.63. The Morgan fingerprint density at radius 3 is 2.84 bits per heavy atom. The third-order valence-electron chi connectivity index (χ3n) is 2.83. The molecule has 0 bridgehead atoms. The summed E-state index contributed by atoms with van der Waals surface area (Å²) in [7, 11) is 1.91. The van der Waals surface area contributed by atoms with Gasteiger partial charge in [0.05, 0.1) is 25.1 Å². The number of aliphatic hydroxyl groups excluding tert-OH is 1. The molecule has 0 aliphatic carbocycles. The van der Waals surface area contributed by atoms with Crippen molar-refractivity contribution in [3.05, 3.63) is 41.7 Å². The molecule has 0 saturated carbocycles. The van der Waals surface area contributed by atoms with Gasteiger partial charge in [0.2, 0.25) is 0 Å². The van der Waals surface area contributed by atoms with Gasteiger partial charge in [-0.1, -0.05) is 30.0 Å². The van der Waals surface area contributed by atoms with Crippen molar-refractivity contribution in [2.75, 3.05) is 6.61 Å². The van der Waals surface area contributed by atoms with Gasteiger partial charge in [-0.2, -0.15) is 0 Å². The topological polar surface area (TPSA) is 47.3 Å². The quantitative estimate of drug-likeness (QED) is 0.825. The lowest BCUT2D eigenvalue weighted by molar-refractivity contribution is 0.271. The molecule has 0 spiro atoms. The van der Waals surface area contributed by atoms with Gasteiger partial charge >= 0.3 is 0 Å². The minimum Gasteiger partial charge on any atom is -0.494 e. The zero-order valence-electron chi connectivity index (χ0n) is 11.2. The maximum atomic E-state index is 9.14. The first kappa shape index (κ1) is 14.0. The average Bonchev–Trinajstić information content (AvgIpc) is 2.79. The summed E-state index contributed by atoms with van der Waals surface area (Å²) >= 11 is 1.64. The number of ether oxygens (including phenoxy) is 1. The molecule has 0 unspecified atom stereocenters. The predicted molar refractivity (Wildman–Crippen MR) is 76.3 cm³/mol. The lowest BCUT2D eigenvalue weighted by atomic mass is 10.2. The molecule has 0 aliphatic rings. The maximum absolute atomic E-state index is 9.14. The largest absolute Gasteiger partial charge is 0.494 e. The zero-order chi connectivity index (χ0) is 13.7. The van der Waals surface area contributed by atoms with Gasteiger partial charge in [0.15, 0.2) is 5.16 Å². The molecule has 0 amide bonds. The number of benzene rings is 1. The summed E-state index contributed by atoms with van der Waals surface area (Å²) in [5, 5.41) is 10.0. The van der Waals surface area contributed by atoms with Crippen LogP contribution in [0.3, 0.4) is 0 Å². The molecule has 1 aromatic carbocycles. The molecule has 0 radical (unpaired) electrons. The summed E-state index contributed by atoms with van der Waals surface area (Å²) in [6.07, 6.45) is 1.71. The van der Waals surface area contributed by atoms with Crippen molar-refractivity contribution in [1.29, 1.82) is 0 Å². The third-order valence-corrected chi connectivity index (χ3v) is 3.93. The van der Waals surface area contributed by atoms with E-state index < -0.39 is 0 Å². The van der Waals surface area contributed by atoms with E-state index in [1.54, 1.807) is 18.0 Å². The molecular weight excluding hydrogens is 260 g/mol. The van der Waals surface area contributed by atoms with E-state index >= 15 is 0 Å². The standard InChI is InChI=1S/C14H18N2O2S/c1-3-18-13-7-5-4-6-11(13)10-19-14-15-8-12(9-17)16(14)2/h4-8,17H,3,9-10H2,1-2H3. The van der Waals surface area contributed by atoms with E-state index in [1.165, 1.54) is 0 Å². The van der Waals surface area contributed by atoms with Gasteiger partial charge < -0.3 is 14.4 Å². The molecule has 1 N–H and O–H groups in total. The van der Waals surface area contributed by atoms with Crippen LogP contribution in [0.15, 0.2) is 35.6 Å². The fraction of sp³-hybridized carbons (Fsp3) is 0.357. The van der Waals surface area contributed by atoms with E-state index in [0.717, 1.165) is 27.9 Å². The first-order chi connectivity index (χ1) is 9.26. The van der Waals surface area contributed by atoms with Gasteiger partial charge in [0.25, 0.3) is 0 Å². The van der Waals surface area contributed by atoms with Crippen LogP contribution in [0.4, 0.5) is 0 Å². The summed E-state index contributed by atoms with van der Waals surface area (Å²) in [5.74, 6) is 1.72. The number of rotatable bonds is 6. The van der Waals surface area contributed by atoms with Crippen LogP contribution < -0.4 is 4.74 Å². The van der Waals surface area contributed by atoms with Crippen molar-refractivity contribution in [1.82, 2.24) is 9.55 Å².